The van der Waals surface area contributed by atoms with Gasteiger partial charge in [0.05, 0.1) is 13.2 Å². The molecule has 2 heterocycles. The Morgan fingerprint density at radius 1 is 1.22 bits per heavy atom. The SMILES string of the molecule is Cn1ccnc1[C@@H](NS(=O)(=O)N1CCOCC1)c1ccccc1. The summed E-state index contributed by atoms with van der Waals surface area (Å²) in [6.07, 6.45) is 3.46. The molecule has 23 heavy (non-hydrogen) atoms. The molecule has 1 saturated heterocycles. The standard InChI is InChI=1S/C15H20N4O3S/c1-18-8-7-16-15(18)14(13-5-3-2-4-6-13)17-23(20,21)19-9-11-22-12-10-19/h2-8,14,17H,9-12H2,1H3/t14-/m0/s1. The Morgan fingerprint density at radius 3 is 2.52 bits per heavy atom. The molecule has 0 saturated carbocycles. The summed E-state index contributed by atoms with van der Waals surface area (Å²) >= 11 is 0. The van der Waals surface area contributed by atoms with Crippen molar-refractivity contribution in [1.29, 1.82) is 0 Å². The smallest absolute Gasteiger partial charge is 0.280 e. The zero-order valence-electron chi connectivity index (χ0n) is 12.9. The molecule has 124 valence electrons. The molecule has 1 aliphatic rings. The number of imidazole rings is 1. The van der Waals surface area contributed by atoms with Gasteiger partial charge in [-0.2, -0.15) is 17.4 Å². The summed E-state index contributed by atoms with van der Waals surface area (Å²) in [5.41, 5.74) is 0.846. The first-order valence-corrected chi connectivity index (χ1v) is 8.89. The second kappa shape index (κ2) is 6.79. The van der Waals surface area contributed by atoms with E-state index in [-0.39, 0.29) is 0 Å². The van der Waals surface area contributed by atoms with Crippen LogP contribution >= 0.6 is 0 Å². The van der Waals surface area contributed by atoms with Gasteiger partial charge in [-0.15, -0.1) is 0 Å². The van der Waals surface area contributed by atoms with Crippen LogP contribution in [0.3, 0.4) is 0 Å². The molecule has 8 heteroatoms. The van der Waals surface area contributed by atoms with Crippen LogP contribution in [0.1, 0.15) is 17.4 Å². The molecule has 1 aliphatic heterocycles. The third-order valence-corrected chi connectivity index (χ3v) is 5.40. The first kappa shape index (κ1) is 16.1. The highest BCUT2D eigenvalue weighted by Crippen LogP contribution is 2.22. The van der Waals surface area contributed by atoms with Gasteiger partial charge in [0.15, 0.2) is 0 Å². The molecule has 1 atom stereocenters. The molecule has 3 rings (SSSR count). The molecule has 0 unspecified atom stereocenters. The summed E-state index contributed by atoms with van der Waals surface area (Å²) in [4.78, 5) is 4.31. The summed E-state index contributed by atoms with van der Waals surface area (Å²) in [5, 5.41) is 0. The van der Waals surface area contributed by atoms with E-state index in [1.807, 2.05) is 41.9 Å². The van der Waals surface area contributed by atoms with Crippen LogP contribution in [0.4, 0.5) is 0 Å². The summed E-state index contributed by atoms with van der Waals surface area (Å²) in [7, 11) is -1.77. The molecule has 2 aromatic rings. The van der Waals surface area contributed by atoms with Gasteiger partial charge in [0.1, 0.15) is 11.9 Å². The van der Waals surface area contributed by atoms with Crippen LogP contribution in [0.5, 0.6) is 0 Å². The number of aromatic nitrogens is 2. The molecule has 0 radical (unpaired) electrons. The minimum Gasteiger partial charge on any atom is -0.379 e. The monoisotopic (exact) mass is 336 g/mol. The van der Waals surface area contributed by atoms with Gasteiger partial charge in [0.2, 0.25) is 0 Å². The maximum Gasteiger partial charge on any atom is 0.280 e. The van der Waals surface area contributed by atoms with Crippen LogP contribution in [0.15, 0.2) is 42.7 Å². The Balaban J connectivity index is 1.92. The third-order valence-electron chi connectivity index (χ3n) is 3.83. The van der Waals surface area contributed by atoms with E-state index in [0.717, 1.165) is 5.56 Å². The zero-order chi connectivity index (χ0) is 16.3. The molecule has 0 bridgehead atoms. The largest absolute Gasteiger partial charge is 0.379 e. The molecule has 0 spiro atoms. The average Bonchev–Trinajstić information content (AvgIpc) is 3.00. The predicted molar refractivity (Wildman–Crippen MR) is 85.9 cm³/mol. The lowest BCUT2D eigenvalue weighted by Gasteiger charge is -2.28. The number of benzene rings is 1. The first-order valence-electron chi connectivity index (χ1n) is 7.45. The van der Waals surface area contributed by atoms with Crippen LogP contribution in [0.25, 0.3) is 0 Å². The second-order valence-electron chi connectivity index (χ2n) is 5.37. The van der Waals surface area contributed by atoms with E-state index in [9.17, 15) is 8.42 Å². The van der Waals surface area contributed by atoms with Crippen molar-refractivity contribution in [1.82, 2.24) is 18.6 Å². The minimum atomic E-state index is -3.62. The Kier molecular flexibility index (Phi) is 4.76. The number of aryl methyl sites for hydroxylation is 1. The maximum atomic E-state index is 12.7. The molecule has 0 amide bonds. The van der Waals surface area contributed by atoms with E-state index < -0.39 is 16.3 Å². The van der Waals surface area contributed by atoms with Crippen molar-refractivity contribution in [2.75, 3.05) is 26.3 Å². The summed E-state index contributed by atoms with van der Waals surface area (Å²) in [6, 6.07) is 8.91. The Labute approximate surface area is 136 Å². The molecule has 1 aromatic heterocycles. The Hall–Kier alpha value is -1.74. The van der Waals surface area contributed by atoms with Crippen LogP contribution < -0.4 is 4.72 Å². The van der Waals surface area contributed by atoms with E-state index in [0.29, 0.717) is 32.1 Å². The molecule has 1 N–H and O–H groups in total. The lowest BCUT2D eigenvalue weighted by molar-refractivity contribution is 0.0723. The van der Waals surface area contributed by atoms with Crippen molar-refractivity contribution < 1.29 is 13.2 Å². The van der Waals surface area contributed by atoms with Crippen molar-refractivity contribution >= 4 is 10.2 Å². The van der Waals surface area contributed by atoms with Gasteiger partial charge >= 0.3 is 0 Å². The number of hydrogen-bond donors (Lipinski definition) is 1. The van der Waals surface area contributed by atoms with Crippen LogP contribution in [0, 0.1) is 0 Å². The zero-order valence-corrected chi connectivity index (χ0v) is 13.7. The van der Waals surface area contributed by atoms with Crippen molar-refractivity contribution in [3.8, 4) is 0 Å². The Morgan fingerprint density at radius 2 is 1.91 bits per heavy atom. The highest BCUT2D eigenvalue weighted by molar-refractivity contribution is 7.87. The number of nitrogens with one attached hydrogen (secondary N) is 1. The average molecular weight is 336 g/mol. The van der Waals surface area contributed by atoms with Gasteiger partial charge in [0, 0.05) is 32.5 Å². The van der Waals surface area contributed by atoms with E-state index >= 15 is 0 Å². The first-order chi connectivity index (χ1) is 11.1. The van der Waals surface area contributed by atoms with Gasteiger partial charge in [-0.05, 0) is 5.56 Å². The number of morpholine rings is 1. The van der Waals surface area contributed by atoms with Crippen LogP contribution in [-0.4, -0.2) is 48.6 Å². The summed E-state index contributed by atoms with van der Waals surface area (Å²) < 4.78 is 36.6. The minimum absolute atomic E-state index is 0.359. The van der Waals surface area contributed by atoms with Crippen LogP contribution in [-0.2, 0) is 22.0 Å². The molecule has 1 fully saturated rings. The fourth-order valence-corrected chi connectivity index (χ4v) is 3.90. The molecule has 7 nitrogen and oxygen atoms in total. The third kappa shape index (κ3) is 3.61. The van der Waals surface area contributed by atoms with Crippen molar-refractivity contribution in [2.45, 2.75) is 6.04 Å². The number of nitrogens with zero attached hydrogens (tertiary/aromatic N) is 3. The van der Waals surface area contributed by atoms with Gasteiger partial charge in [-0.3, -0.25) is 0 Å². The van der Waals surface area contributed by atoms with Crippen molar-refractivity contribution in [2.24, 2.45) is 7.05 Å². The maximum absolute atomic E-state index is 12.7. The van der Waals surface area contributed by atoms with Gasteiger partial charge in [-0.1, -0.05) is 30.3 Å². The Bertz CT molecular complexity index is 739. The summed E-state index contributed by atoms with van der Waals surface area (Å²) in [5.74, 6) is 0.646. The lowest BCUT2D eigenvalue weighted by atomic mass is 10.1. The predicted octanol–water partition coefficient (Wildman–Crippen LogP) is 0.676. The number of hydrogen-bond acceptors (Lipinski definition) is 4. The molecule has 1 aromatic carbocycles. The van der Waals surface area contributed by atoms with E-state index in [1.54, 1.807) is 12.4 Å². The number of ether oxygens (including phenoxy) is 1. The molecular formula is C15H20N4O3S. The normalized spacial score (nSPS) is 18.0. The van der Waals surface area contributed by atoms with Crippen LogP contribution in [0.2, 0.25) is 0 Å². The lowest BCUT2D eigenvalue weighted by Crippen LogP contribution is -2.48. The fraction of sp³-hybridized carbons (Fsp3) is 0.400. The van der Waals surface area contributed by atoms with E-state index in [1.165, 1.54) is 4.31 Å². The quantitative estimate of drug-likeness (QED) is 0.871. The van der Waals surface area contributed by atoms with Gasteiger partial charge in [0.25, 0.3) is 10.2 Å². The molecular weight excluding hydrogens is 316 g/mol. The van der Waals surface area contributed by atoms with E-state index in [2.05, 4.69) is 9.71 Å². The topological polar surface area (TPSA) is 76.5 Å². The second-order valence-corrected chi connectivity index (χ2v) is 7.08. The van der Waals surface area contributed by atoms with Crippen molar-refractivity contribution in [3.63, 3.8) is 0 Å². The number of rotatable bonds is 5. The van der Waals surface area contributed by atoms with E-state index in [4.69, 9.17) is 4.74 Å². The molecule has 0 aliphatic carbocycles. The highest BCUT2D eigenvalue weighted by Gasteiger charge is 2.30. The van der Waals surface area contributed by atoms with Gasteiger partial charge < -0.3 is 9.30 Å². The highest BCUT2D eigenvalue weighted by atomic mass is 32.2. The summed E-state index contributed by atoms with van der Waals surface area (Å²) in [6.45, 7) is 1.55. The fourth-order valence-electron chi connectivity index (χ4n) is 2.58. The van der Waals surface area contributed by atoms with Gasteiger partial charge in [-0.25, -0.2) is 4.98 Å². The van der Waals surface area contributed by atoms with Crippen molar-refractivity contribution in [3.05, 3.63) is 54.1 Å².